The molecule has 0 aromatic heterocycles. The molecule has 3 unspecified atom stereocenters. The summed E-state index contributed by atoms with van der Waals surface area (Å²) in [5.41, 5.74) is 6.59. The van der Waals surface area contributed by atoms with Gasteiger partial charge in [-0.05, 0) is 164 Å². The summed E-state index contributed by atoms with van der Waals surface area (Å²) in [4.78, 5) is 62.5. The highest BCUT2D eigenvalue weighted by molar-refractivity contribution is 8.00. The van der Waals surface area contributed by atoms with Crippen LogP contribution in [-0.4, -0.2) is 82.6 Å². The number of allylic oxidation sites excluding steroid dienone is 4. The van der Waals surface area contributed by atoms with E-state index in [4.69, 9.17) is 14.8 Å². The van der Waals surface area contributed by atoms with Crippen molar-refractivity contribution in [1.29, 1.82) is 0 Å². The van der Waals surface area contributed by atoms with Crippen LogP contribution in [0, 0.1) is 11.8 Å². The Kier molecular flexibility index (Phi) is 32.8. The van der Waals surface area contributed by atoms with Crippen molar-refractivity contribution in [1.82, 2.24) is 5.32 Å². The fourth-order valence-corrected chi connectivity index (χ4v) is 14.9. The van der Waals surface area contributed by atoms with E-state index in [1.807, 2.05) is 12.2 Å². The molecule has 2 aliphatic carbocycles. The minimum atomic E-state index is -0.384. The van der Waals surface area contributed by atoms with Crippen LogP contribution in [0.3, 0.4) is 0 Å². The molecule has 464 valence electrons. The summed E-state index contributed by atoms with van der Waals surface area (Å²) in [5, 5.41) is 6.57. The lowest BCUT2D eigenvalue weighted by Gasteiger charge is -2.34. The van der Waals surface area contributed by atoms with Gasteiger partial charge in [-0.15, -0.1) is 0 Å². The van der Waals surface area contributed by atoms with Crippen molar-refractivity contribution in [3.8, 4) is 0 Å². The number of anilines is 2. The number of nitrogens with zero attached hydrogens (tertiary/aromatic N) is 2. The first-order valence-electron chi connectivity index (χ1n) is 32.9. The largest absolute Gasteiger partial charge is 0.365 e. The van der Waals surface area contributed by atoms with Crippen LogP contribution in [0.15, 0.2) is 57.5 Å². The van der Waals surface area contributed by atoms with Gasteiger partial charge in [0.1, 0.15) is 0 Å². The van der Waals surface area contributed by atoms with E-state index in [9.17, 15) is 9.59 Å². The molecule has 3 aliphatic rings. The number of hydrogen-bond donors (Lipinski definition) is 2. The van der Waals surface area contributed by atoms with Crippen LogP contribution >= 0.6 is 35.3 Å². The average Bonchev–Trinajstić information content (AvgIpc) is 3.87. The van der Waals surface area contributed by atoms with Gasteiger partial charge in [0.05, 0.1) is 35.4 Å². The molecule has 0 fully saturated rings. The smallest absolute Gasteiger partial charge is 0.224 e. The third-order valence-electron chi connectivity index (χ3n) is 17.7. The molecule has 0 bridgehead atoms. The number of thioether (sulfide) groups is 3. The van der Waals surface area contributed by atoms with E-state index in [1.165, 1.54) is 146 Å². The lowest BCUT2D eigenvalue weighted by atomic mass is 9.75. The van der Waals surface area contributed by atoms with E-state index in [2.05, 4.69) is 147 Å². The molecular weight excluding hydrogens is 1070 g/mol. The summed E-state index contributed by atoms with van der Waals surface area (Å²) in [6.07, 6.45) is 36.0. The molecule has 0 spiro atoms. The second kappa shape index (κ2) is 37.6. The predicted octanol–water partition coefficient (Wildman–Crippen LogP) is 19.5. The molecule has 0 saturated heterocycles. The number of hydrogen-bond acceptors (Lipinski definition) is 10. The topological polar surface area (TPSA) is 109 Å². The summed E-state index contributed by atoms with van der Waals surface area (Å²) in [6.45, 7) is 28.9. The Morgan fingerprint density at radius 3 is 1.67 bits per heavy atom. The molecule has 2 amide bonds. The highest BCUT2D eigenvalue weighted by atomic mass is 32.2. The molecule has 0 radical (unpaired) electrons. The van der Waals surface area contributed by atoms with Crippen molar-refractivity contribution in [2.45, 2.75) is 285 Å². The molecule has 2 N–H and O–H groups in total. The van der Waals surface area contributed by atoms with Gasteiger partial charge in [0.2, 0.25) is 17.6 Å². The van der Waals surface area contributed by atoms with Crippen LogP contribution in [0.2, 0.25) is 0 Å². The third kappa shape index (κ3) is 21.8. The SMILES string of the molecule is CCCCC(CC)CSCCCCCCCCCCC(=O)NC1=CC(=NC(C)C)C(C(C)(C)SC)=C/C1=C1\C(=O)C(c2cc3c(cc2NC(=O)CCCCCCCCCCSCC(CC)CCCC)N(C(C)C)C(C)C3(C)C)=C1OOC. The van der Waals surface area contributed by atoms with Gasteiger partial charge in [-0.2, -0.15) is 40.2 Å². The molecular formula is C70H116N4O5S3. The summed E-state index contributed by atoms with van der Waals surface area (Å²) in [6, 6.07) is 4.55. The second-order valence-electron chi connectivity index (χ2n) is 25.6. The Hall–Kier alpha value is -2.93. The fraction of sp³-hybridized carbons (Fsp3) is 0.743. The number of Topliss-reactive ketones (excluding diaryl/α,β-unsaturated/α-hetero) is 1. The maximum atomic E-state index is 15.3. The van der Waals surface area contributed by atoms with Crippen LogP contribution < -0.4 is 15.5 Å². The molecule has 0 saturated carbocycles. The number of carbonyl (C=O) groups is 3. The number of fused-ring (bicyclic) bond motifs is 1. The standard InChI is InChI=1S/C70H116N4O5S3/c1-16-20-38-53(18-3)48-81-42-36-32-28-24-22-26-30-34-40-63(75)72-59-46-61(71-50(5)6)57(70(12,13)80-15)44-55(59)65-67(77)66(68(65)79-78-14)56-45-58-62(74(51(7)8)52(9)69(58,10)11)47-60(56)73-64(76)41-35-31-27-23-25-29-33-37-43-82-49-54(19-4)39-21-17-2/h44-47,50-54H,16-43,48-49H2,1-15H3,(H,72,75)(H,73,76)/b65-55-,71-61?. The number of ketones is 1. The van der Waals surface area contributed by atoms with Crippen LogP contribution in [-0.2, 0) is 29.6 Å². The van der Waals surface area contributed by atoms with Crippen molar-refractivity contribution in [2.24, 2.45) is 16.8 Å². The van der Waals surface area contributed by atoms with Crippen molar-refractivity contribution in [2.75, 3.05) is 46.6 Å². The summed E-state index contributed by atoms with van der Waals surface area (Å²) >= 11 is 6.01. The van der Waals surface area contributed by atoms with Crippen molar-refractivity contribution in [3.05, 3.63) is 63.6 Å². The Bertz CT molecular complexity index is 2310. The molecule has 12 heteroatoms. The summed E-state index contributed by atoms with van der Waals surface area (Å²) in [7, 11) is 1.45. The molecule has 1 aromatic carbocycles. The Balaban J connectivity index is 1.53. The highest BCUT2D eigenvalue weighted by Crippen LogP contribution is 2.52. The molecule has 4 rings (SSSR count). The van der Waals surface area contributed by atoms with Gasteiger partial charge in [0, 0.05) is 58.0 Å². The van der Waals surface area contributed by atoms with E-state index in [1.54, 1.807) is 11.8 Å². The molecule has 82 heavy (non-hydrogen) atoms. The maximum absolute atomic E-state index is 15.3. The van der Waals surface area contributed by atoms with Crippen molar-refractivity contribution < 1.29 is 24.2 Å². The summed E-state index contributed by atoms with van der Waals surface area (Å²) in [5.74, 6) is 6.83. The van der Waals surface area contributed by atoms with E-state index in [0.29, 0.717) is 46.5 Å². The van der Waals surface area contributed by atoms with Gasteiger partial charge >= 0.3 is 0 Å². The monoisotopic (exact) mass is 1190 g/mol. The number of benzene rings is 1. The maximum Gasteiger partial charge on any atom is 0.224 e. The summed E-state index contributed by atoms with van der Waals surface area (Å²) < 4.78 is -0.384. The highest BCUT2D eigenvalue weighted by Gasteiger charge is 2.47. The zero-order chi connectivity index (χ0) is 60.2. The number of carbonyl (C=O) groups excluding carboxylic acids is 3. The van der Waals surface area contributed by atoms with E-state index < -0.39 is 0 Å². The van der Waals surface area contributed by atoms with Gasteiger partial charge in [-0.1, -0.05) is 157 Å². The van der Waals surface area contributed by atoms with Crippen molar-refractivity contribution >= 4 is 75.5 Å². The quantitative estimate of drug-likeness (QED) is 0.0286. The molecule has 9 nitrogen and oxygen atoms in total. The van der Waals surface area contributed by atoms with Gasteiger partial charge in [-0.3, -0.25) is 19.4 Å². The lowest BCUT2D eigenvalue weighted by Crippen LogP contribution is -2.42. The Morgan fingerprint density at radius 1 is 0.707 bits per heavy atom. The molecule has 1 aliphatic heterocycles. The average molecular weight is 1190 g/mol. The predicted molar refractivity (Wildman–Crippen MR) is 361 cm³/mol. The van der Waals surface area contributed by atoms with Crippen LogP contribution in [0.5, 0.6) is 0 Å². The van der Waals surface area contributed by atoms with Crippen LogP contribution in [0.25, 0.3) is 5.57 Å². The Labute approximate surface area is 514 Å². The number of nitrogens with one attached hydrogen (secondary N) is 2. The first-order chi connectivity index (χ1) is 39.3. The Morgan fingerprint density at radius 2 is 1.21 bits per heavy atom. The van der Waals surface area contributed by atoms with Gasteiger partial charge in [0.15, 0.2) is 5.76 Å². The first-order valence-corrected chi connectivity index (χ1v) is 36.4. The third-order valence-corrected chi connectivity index (χ3v) is 21.5. The van der Waals surface area contributed by atoms with Gasteiger partial charge in [-0.25, -0.2) is 0 Å². The minimum Gasteiger partial charge on any atom is -0.365 e. The molecule has 3 atom stereocenters. The number of unbranched alkanes of at least 4 members (excludes halogenated alkanes) is 16. The zero-order valence-electron chi connectivity index (χ0n) is 54.6. The molecule has 1 heterocycles. The lowest BCUT2D eigenvalue weighted by molar-refractivity contribution is -0.235. The minimum absolute atomic E-state index is 0.00448. The normalized spacial score (nSPS) is 18.3. The number of rotatable bonds is 43. The first kappa shape index (κ1) is 71.6. The van der Waals surface area contributed by atoms with Crippen LogP contribution in [0.4, 0.5) is 11.4 Å². The van der Waals surface area contributed by atoms with Gasteiger partial charge < -0.3 is 20.4 Å². The van der Waals surface area contributed by atoms with E-state index >= 15 is 4.79 Å². The fourth-order valence-electron chi connectivity index (χ4n) is 11.9. The van der Waals surface area contributed by atoms with Crippen molar-refractivity contribution in [3.63, 3.8) is 0 Å². The number of amides is 2. The molecule has 1 aromatic rings. The number of aliphatic imine (C=N–C) groups is 1. The van der Waals surface area contributed by atoms with Crippen LogP contribution in [0.1, 0.15) is 268 Å². The second-order valence-corrected chi connectivity index (χ2v) is 29.3. The van der Waals surface area contributed by atoms with E-state index in [0.717, 1.165) is 72.9 Å². The zero-order valence-corrected chi connectivity index (χ0v) is 57.0. The van der Waals surface area contributed by atoms with Gasteiger partial charge in [0.25, 0.3) is 0 Å². The van der Waals surface area contributed by atoms with E-state index in [-0.39, 0.29) is 51.6 Å².